The second kappa shape index (κ2) is 2.49. The standard InChI is InChI=1S/C3H9N3O2/c1-5(2)6(8)3(4)7/h8H,1-2H3,(H2,4,7). The van der Waals surface area contributed by atoms with Crippen LogP contribution in [-0.2, 0) is 0 Å². The van der Waals surface area contributed by atoms with E-state index < -0.39 is 6.03 Å². The number of carbonyl (C=O) groups excluding carboxylic acids is 1. The SMILES string of the molecule is CN(C)N(O)C(N)=O. The van der Waals surface area contributed by atoms with Crippen LogP contribution in [0.2, 0.25) is 0 Å². The van der Waals surface area contributed by atoms with E-state index in [9.17, 15) is 4.79 Å². The molecule has 2 amide bonds. The highest BCUT2D eigenvalue weighted by molar-refractivity contribution is 5.69. The molecule has 48 valence electrons. The zero-order valence-corrected chi connectivity index (χ0v) is 4.83. The van der Waals surface area contributed by atoms with Crippen LogP contribution in [0.4, 0.5) is 4.79 Å². The topological polar surface area (TPSA) is 69.8 Å². The monoisotopic (exact) mass is 119 g/mol. The molecule has 0 aromatic heterocycles. The van der Waals surface area contributed by atoms with Gasteiger partial charge in [-0.2, -0.15) is 5.01 Å². The fourth-order valence-electron chi connectivity index (χ4n) is 0.197. The molecule has 0 saturated carbocycles. The van der Waals surface area contributed by atoms with Gasteiger partial charge in [-0.05, 0) is 0 Å². The Bertz CT molecular complexity index is 92.5. The maximum atomic E-state index is 10.00. The van der Waals surface area contributed by atoms with Crippen molar-refractivity contribution in [2.75, 3.05) is 14.1 Å². The van der Waals surface area contributed by atoms with E-state index in [2.05, 4.69) is 5.73 Å². The van der Waals surface area contributed by atoms with Gasteiger partial charge in [-0.25, -0.2) is 4.79 Å². The lowest BCUT2D eigenvalue weighted by molar-refractivity contribution is -0.173. The molecular weight excluding hydrogens is 110 g/mol. The molecule has 0 bridgehead atoms. The number of hydroxylamine groups is 1. The van der Waals surface area contributed by atoms with Gasteiger partial charge in [0.25, 0.3) is 0 Å². The lowest BCUT2D eigenvalue weighted by Crippen LogP contribution is -2.42. The van der Waals surface area contributed by atoms with Gasteiger partial charge in [-0.15, -0.1) is 5.17 Å². The predicted octanol–water partition coefficient (Wildman–Crippen LogP) is -0.767. The van der Waals surface area contributed by atoms with E-state index in [0.717, 1.165) is 5.01 Å². The van der Waals surface area contributed by atoms with Gasteiger partial charge in [-0.3, -0.25) is 5.21 Å². The Morgan fingerprint density at radius 3 is 2.00 bits per heavy atom. The first kappa shape index (κ1) is 7.19. The molecule has 0 spiro atoms. The van der Waals surface area contributed by atoms with Gasteiger partial charge < -0.3 is 5.73 Å². The maximum Gasteiger partial charge on any atom is 0.354 e. The van der Waals surface area contributed by atoms with Crippen LogP contribution >= 0.6 is 0 Å². The van der Waals surface area contributed by atoms with Crippen molar-refractivity contribution in [3.63, 3.8) is 0 Å². The zero-order chi connectivity index (χ0) is 6.73. The third-order valence-electron chi connectivity index (χ3n) is 0.576. The first-order chi connectivity index (χ1) is 3.55. The van der Waals surface area contributed by atoms with E-state index in [4.69, 9.17) is 5.21 Å². The van der Waals surface area contributed by atoms with Crippen molar-refractivity contribution in [2.24, 2.45) is 5.73 Å². The zero-order valence-electron chi connectivity index (χ0n) is 4.83. The number of hydrogen-bond acceptors (Lipinski definition) is 3. The normalized spacial score (nSPS) is 9.50. The molecule has 0 aliphatic rings. The molecule has 0 fully saturated rings. The minimum atomic E-state index is -0.894. The summed E-state index contributed by atoms with van der Waals surface area (Å²) in [5, 5.41) is 9.95. The predicted molar refractivity (Wildman–Crippen MR) is 26.9 cm³/mol. The Hall–Kier alpha value is -0.810. The van der Waals surface area contributed by atoms with Crippen LogP contribution in [0.15, 0.2) is 0 Å². The summed E-state index contributed by atoms with van der Waals surface area (Å²) in [7, 11) is 2.98. The first-order valence-corrected chi connectivity index (χ1v) is 2.01. The van der Waals surface area contributed by atoms with E-state index in [-0.39, 0.29) is 0 Å². The van der Waals surface area contributed by atoms with Crippen LogP contribution in [0.1, 0.15) is 0 Å². The third-order valence-corrected chi connectivity index (χ3v) is 0.576. The summed E-state index contributed by atoms with van der Waals surface area (Å²) >= 11 is 0. The number of urea groups is 1. The van der Waals surface area contributed by atoms with Crippen LogP contribution in [0, 0.1) is 0 Å². The van der Waals surface area contributed by atoms with E-state index in [1.54, 1.807) is 0 Å². The molecule has 0 aromatic carbocycles. The van der Waals surface area contributed by atoms with Crippen molar-refractivity contribution in [3.8, 4) is 0 Å². The van der Waals surface area contributed by atoms with Crippen molar-refractivity contribution in [2.45, 2.75) is 0 Å². The van der Waals surface area contributed by atoms with E-state index in [1.165, 1.54) is 14.1 Å². The molecule has 0 aliphatic carbocycles. The molecule has 8 heavy (non-hydrogen) atoms. The molecule has 0 aromatic rings. The number of primary amides is 1. The lowest BCUT2D eigenvalue weighted by atomic mass is 11.0. The van der Waals surface area contributed by atoms with Crippen molar-refractivity contribution in [1.29, 1.82) is 0 Å². The van der Waals surface area contributed by atoms with Crippen molar-refractivity contribution in [1.82, 2.24) is 10.2 Å². The van der Waals surface area contributed by atoms with E-state index in [1.807, 2.05) is 0 Å². The summed E-state index contributed by atoms with van der Waals surface area (Å²) < 4.78 is 0. The maximum absolute atomic E-state index is 10.00. The second-order valence-electron chi connectivity index (χ2n) is 1.47. The van der Waals surface area contributed by atoms with Crippen molar-refractivity contribution in [3.05, 3.63) is 0 Å². The van der Waals surface area contributed by atoms with Gasteiger partial charge in [0.05, 0.1) is 0 Å². The summed E-state index contributed by atoms with van der Waals surface area (Å²) in [6, 6.07) is -0.894. The number of amides is 2. The van der Waals surface area contributed by atoms with Gasteiger partial charge in [0, 0.05) is 14.1 Å². The molecule has 0 aliphatic heterocycles. The van der Waals surface area contributed by atoms with Crippen molar-refractivity contribution < 1.29 is 10.0 Å². The first-order valence-electron chi connectivity index (χ1n) is 2.01. The van der Waals surface area contributed by atoms with Crippen LogP contribution in [0.3, 0.4) is 0 Å². The summed E-state index contributed by atoms with van der Waals surface area (Å²) in [5.41, 5.74) is 4.63. The van der Waals surface area contributed by atoms with Crippen LogP contribution in [-0.4, -0.2) is 35.5 Å². The molecule has 5 nitrogen and oxygen atoms in total. The molecule has 0 saturated heterocycles. The highest BCUT2D eigenvalue weighted by Gasteiger charge is 2.05. The smallest absolute Gasteiger partial charge is 0.349 e. The average molecular weight is 119 g/mol. The molecule has 5 heteroatoms. The second-order valence-corrected chi connectivity index (χ2v) is 1.47. The molecule has 0 atom stereocenters. The Labute approximate surface area is 47.2 Å². The van der Waals surface area contributed by atoms with Crippen LogP contribution < -0.4 is 5.73 Å². The van der Waals surface area contributed by atoms with Gasteiger partial charge in [0.15, 0.2) is 0 Å². The summed E-state index contributed by atoms with van der Waals surface area (Å²) in [6.07, 6.45) is 0. The highest BCUT2D eigenvalue weighted by Crippen LogP contribution is 1.80. The Morgan fingerprint density at radius 2 is 2.00 bits per heavy atom. The number of hydrazine groups is 1. The Kier molecular flexibility index (Phi) is 2.23. The highest BCUT2D eigenvalue weighted by atomic mass is 16.6. The Morgan fingerprint density at radius 1 is 1.62 bits per heavy atom. The average Bonchev–Trinajstić information content (AvgIpc) is 1.64. The van der Waals surface area contributed by atoms with Gasteiger partial charge in [-0.1, -0.05) is 0 Å². The quantitative estimate of drug-likeness (QED) is 0.352. The minimum absolute atomic E-state index is 0.306. The molecule has 0 heterocycles. The summed E-state index contributed by atoms with van der Waals surface area (Å²) in [6.45, 7) is 0. The van der Waals surface area contributed by atoms with E-state index >= 15 is 0 Å². The van der Waals surface area contributed by atoms with Crippen molar-refractivity contribution >= 4 is 6.03 Å². The lowest BCUT2D eigenvalue weighted by Gasteiger charge is -2.17. The summed E-state index contributed by atoms with van der Waals surface area (Å²) in [4.78, 5) is 10.00. The third kappa shape index (κ3) is 1.76. The van der Waals surface area contributed by atoms with Crippen LogP contribution in [0.5, 0.6) is 0 Å². The number of nitrogens with zero attached hydrogens (tertiary/aromatic N) is 2. The molecule has 3 N–H and O–H groups in total. The molecule has 0 unspecified atom stereocenters. The van der Waals surface area contributed by atoms with Gasteiger partial charge in [0.2, 0.25) is 0 Å². The number of nitrogens with two attached hydrogens (primary N) is 1. The van der Waals surface area contributed by atoms with Gasteiger partial charge in [0.1, 0.15) is 0 Å². The number of hydrogen-bond donors (Lipinski definition) is 2. The minimum Gasteiger partial charge on any atom is -0.349 e. The fraction of sp³-hybridized carbons (Fsp3) is 0.667. The Balaban J connectivity index is 3.64. The van der Waals surface area contributed by atoms with Gasteiger partial charge >= 0.3 is 6.03 Å². The van der Waals surface area contributed by atoms with Crippen LogP contribution in [0.25, 0.3) is 0 Å². The molecular formula is C3H9N3O2. The molecule has 0 radical (unpaired) electrons. The van der Waals surface area contributed by atoms with E-state index in [0.29, 0.717) is 5.17 Å². The number of carbonyl (C=O) groups is 1. The largest absolute Gasteiger partial charge is 0.354 e. The summed E-state index contributed by atoms with van der Waals surface area (Å²) in [5.74, 6) is 0. The number of rotatable bonds is 1. The molecule has 0 rings (SSSR count). The fourth-order valence-corrected chi connectivity index (χ4v) is 0.197.